The van der Waals surface area contributed by atoms with Crippen LogP contribution in [-0.2, 0) is 6.42 Å². The minimum Gasteiger partial charge on any atom is -0.384 e. The van der Waals surface area contributed by atoms with E-state index in [1.807, 2.05) is 12.1 Å². The summed E-state index contributed by atoms with van der Waals surface area (Å²) < 4.78 is 0. The molecule has 3 heteroatoms. The van der Waals surface area contributed by atoms with Crippen LogP contribution in [0.1, 0.15) is 61.9 Å². The van der Waals surface area contributed by atoms with Crippen LogP contribution in [0, 0.1) is 0 Å². The van der Waals surface area contributed by atoms with E-state index in [9.17, 15) is 4.79 Å². The minimum absolute atomic E-state index is 0.0426. The number of hydrogen-bond donors (Lipinski definition) is 2. The number of ketones is 1. The highest BCUT2D eigenvalue weighted by Gasteiger charge is 2.19. The average molecular weight is 288 g/mol. The highest BCUT2D eigenvalue weighted by Crippen LogP contribution is 2.23. The molecule has 0 spiro atoms. The molecule has 0 aliphatic carbocycles. The van der Waals surface area contributed by atoms with E-state index in [2.05, 4.69) is 30.5 Å². The second kappa shape index (κ2) is 8.18. The second-order valence-corrected chi connectivity index (χ2v) is 5.89. The molecule has 0 aromatic heterocycles. The lowest BCUT2D eigenvalue weighted by Crippen LogP contribution is -2.36. The van der Waals surface area contributed by atoms with Crippen LogP contribution in [0.5, 0.6) is 0 Å². The number of nitrogens with one attached hydrogen (secondary N) is 2. The Morgan fingerprint density at radius 2 is 2.14 bits per heavy atom. The van der Waals surface area contributed by atoms with Crippen LogP contribution in [0.3, 0.4) is 0 Å². The molecule has 1 atom stereocenters. The van der Waals surface area contributed by atoms with Crippen molar-refractivity contribution in [2.75, 3.05) is 18.4 Å². The third-order valence-electron chi connectivity index (χ3n) is 4.25. The zero-order valence-electron chi connectivity index (χ0n) is 13.4. The lowest BCUT2D eigenvalue weighted by molar-refractivity contribution is 0.0940. The van der Waals surface area contributed by atoms with Crippen molar-refractivity contribution in [3.8, 4) is 0 Å². The summed E-state index contributed by atoms with van der Waals surface area (Å²) >= 11 is 0. The molecule has 0 bridgehead atoms. The van der Waals surface area contributed by atoms with Crippen molar-refractivity contribution in [3.63, 3.8) is 0 Å². The van der Waals surface area contributed by atoms with E-state index in [1.165, 1.54) is 30.5 Å². The van der Waals surface area contributed by atoms with Crippen LogP contribution in [0.15, 0.2) is 18.2 Å². The smallest absolute Gasteiger partial charge is 0.179 e. The molecule has 21 heavy (non-hydrogen) atoms. The van der Waals surface area contributed by atoms with Crippen LogP contribution < -0.4 is 10.6 Å². The quantitative estimate of drug-likeness (QED) is 0.536. The summed E-state index contributed by atoms with van der Waals surface area (Å²) in [6, 6.07) is 6.03. The maximum absolute atomic E-state index is 12.6. The summed E-state index contributed by atoms with van der Waals surface area (Å²) in [7, 11) is 0. The first-order chi connectivity index (χ1) is 10.3. The summed E-state index contributed by atoms with van der Waals surface area (Å²) in [4.78, 5) is 12.6. The molecule has 0 fully saturated rings. The molecule has 1 aromatic carbocycles. The van der Waals surface area contributed by atoms with Crippen molar-refractivity contribution in [2.24, 2.45) is 0 Å². The highest BCUT2D eigenvalue weighted by atomic mass is 16.1. The normalized spacial score (nSPS) is 14.6. The van der Waals surface area contributed by atoms with Crippen molar-refractivity contribution in [2.45, 2.75) is 58.4 Å². The number of Topliss-reactive ketones (excluding diaryl/α,β-unsaturated/α-hetero) is 1. The van der Waals surface area contributed by atoms with Crippen molar-refractivity contribution in [1.82, 2.24) is 5.32 Å². The number of benzene rings is 1. The summed E-state index contributed by atoms with van der Waals surface area (Å²) in [6.45, 7) is 6.22. The first-order valence-electron chi connectivity index (χ1n) is 8.40. The lowest BCUT2D eigenvalue weighted by Gasteiger charge is -2.16. The zero-order chi connectivity index (χ0) is 15.1. The lowest BCUT2D eigenvalue weighted by atomic mass is 9.99. The number of carbonyl (C=O) groups excluding carboxylic acids is 1. The van der Waals surface area contributed by atoms with E-state index < -0.39 is 0 Å². The molecule has 1 aromatic rings. The molecule has 1 aliphatic rings. The Balaban J connectivity index is 1.90. The molecule has 0 amide bonds. The van der Waals surface area contributed by atoms with E-state index in [0.29, 0.717) is 0 Å². The fraction of sp³-hybridized carbons (Fsp3) is 0.611. The second-order valence-electron chi connectivity index (χ2n) is 5.89. The van der Waals surface area contributed by atoms with Crippen LogP contribution in [0.25, 0.3) is 0 Å². The van der Waals surface area contributed by atoms with Gasteiger partial charge in [0.15, 0.2) is 5.78 Å². The summed E-state index contributed by atoms with van der Waals surface area (Å²) in [5, 5.41) is 6.77. The van der Waals surface area contributed by atoms with E-state index in [0.717, 1.165) is 37.9 Å². The average Bonchev–Trinajstić information content (AvgIpc) is 2.98. The third-order valence-corrected chi connectivity index (χ3v) is 4.25. The predicted molar refractivity (Wildman–Crippen MR) is 89.2 cm³/mol. The molecule has 0 saturated carbocycles. The van der Waals surface area contributed by atoms with Gasteiger partial charge in [-0.25, -0.2) is 0 Å². The van der Waals surface area contributed by atoms with E-state index in [4.69, 9.17) is 0 Å². The summed E-state index contributed by atoms with van der Waals surface area (Å²) in [5.41, 5.74) is 3.32. The number of hydrogen-bond acceptors (Lipinski definition) is 3. The van der Waals surface area contributed by atoms with Gasteiger partial charge in [-0.3, -0.25) is 4.79 Å². The Morgan fingerprint density at radius 3 is 2.90 bits per heavy atom. The van der Waals surface area contributed by atoms with Crippen LogP contribution in [0.4, 0.5) is 5.69 Å². The molecule has 116 valence electrons. The van der Waals surface area contributed by atoms with Gasteiger partial charge in [0.05, 0.1) is 6.04 Å². The van der Waals surface area contributed by atoms with Gasteiger partial charge >= 0.3 is 0 Å². The number of unbranched alkanes of at least 4 members (excludes halogenated alkanes) is 3. The van der Waals surface area contributed by atoms with Gasteiger partial charge in [0.25, 0.3) is 0 Å². The maximum atomic E-state index is 12.6. The van der Waals surface area contributed by atoms with Crippen molar-refractivity contribution in [1.29, 1.82) is 0 Å². The Morgan fingerprint density at radius 1 is 1.29 bits per heavy atom. The van der Waals surface area contributed by atoms with Gasteiger partial charge in [0.1, 0.15) is 0 Å². The van der Waals surface area contributed by atoms with E-state index in [1.54, 1.807) is 0 Å². The van der Waals surface area contributed by atoms with Gasteiger partial charge in [-0.2, -0.15) is 0 Å². The van der Waals surface area contributed by atoms with Crippen molar-refractivity contribution >= 4 is 11.5 Å². The Kier molecular flexibility index (Phi) is 6.24. The fourth-order valence-corrected chi connectivity index (χ4v) is 2.91. The third kappa shape index (κ3) is 4.31. The van der Waals surface area contributed by atoms with Gasteiger partial charge in [-0.05, 0) is 49.6 Å². The van der Waals surface area contributed by atoms with Gasteiger partial charge in [0, 0.05) is 17.8 Å². The minimum atomic E-state index is -0.0426. The first kappa shape index (κ1) is 16.0. The molecule has 3 nitrogen and oxygen atoms in total. The molecular weight excluding hydrogens is 260 g/mol. The van der Waals surface area contributed by atoms with Crippen LogP contribution in [0.2, 0.25) is 0 Å². The van der Waals surface area contributed by atoms with Crippen molar-refractivity contribution < 1.29 is 4.79 Å². The van der Waals surface area contributed by atoms with E-state index in [-0.39, 0.29) is 11.8 Å². The number of fused-ring (bicyclic) bond motifs is 1. The molecule has 0 saturated heterocycles. The summed E-state index contributed by atoms with van der Waals surface area (Å²) in [5.74, 6) is 0.239. The van der Waals surface area contributed by atoms with Crippen LogP contribution >= 0.6 is 0 Å². The Labute approximate surface area is 128 Å². The SMILES string of the molecule is CCCCCCNC(CC)C(=O)c1ccc2c(c1)CCN2. The molecular formula is C18H28N2O. The Hall–Kier alpha value is -1.35. The number of rotatable bonds is 9. The first-order valence-corrected chi connectivity index (χ1v) is 8.40. The van der Waals surface area contributed by atoms with E-state index >= 15 is 0 Å². The molecule has 1 heterocycles. The predicted octanol–water partition coefficient (Wildman–Crippen LogP) is 3.79. The fourth-order valence-electron chi connectivity index (χ4n) is 2.91. The summed E-state index contributed by atoms with van der Waals surface area (Å²) in [6.07, 6.45) is 6.81. The monoisotopic (exact) mass is 288 g/mol. The van der Waals surface area contributed by atoms with Crippen LogP contribution in [-0.4, -0.2) is 24.9 Å². The molecule has 2 rings (SSSR count). The topological polar surface area (TPSA) is 41.1 Å². The largest absolute Gasteiger partial charge is 0.384 e. The van der Waals surface area contributed by atoms with Crippen molar-refractivity contribution in [3.05, 3.63) is 29.3 Å². The maximum Gasteiger partial charge on any atom is 0.179 e. The van der Waals surface area contributed by atoms with Gasteiger partial charge < -0.3 is 10.6 Å². The zero-order valence-corrected chi connectivity index (χ0v) is 13.4. The molecule has 0 radical (unpaired) electrons. The Bertz CT molecular complexity index is 470. The van der Waals surface area contributed by atoms with Gasteiger partial charge in [0.2, 0.25) is 0 Å². The highest BCUT2D eigenvalue weighted by molar-refractivity contribution is 6.00. The number of carbonyl (C=O) groups is 1. The van der Waals surface area contributed by atoms with Gasteiger partial charge in [-0.15, -0.1) is 0 Å². The molecule has 2 N–H and O–H groups in total. The van der Waals surface area contributed by atoms with Gasteiger partial charge in [-0.1, -0.05) is 33.1 Å². The molecule has 1 unspecified atom stereocenters. The number of anilines is 1. The standard InChI is InChI=1S/C18H28N2O/c1-3-5-6-7-11-19-16(4-2)18(21)15-8-9-17-14(13-15)10-12-20-17/h8-9,13,16,19-20H,3-7,10-12H2,1-2H3. The molecule has 1 aliphatic heterocycles.